The van der Waals surface area contributed by atoms with Crippen LogP contribution in [0, 0.1) is 0 Å². The van der Waals surface area contributed by atoms with Crippen LogP contribution in [0.4, 0.5) is 0 Å². The summed E-state index contributed by atoms with van der Waals surface area (Å²) >= 11 is 0. The first-order valence-corrected chi connectivity index (χ1v) is 8.53. The first kappa shape index (κ1) is 17.2. The molecule has 1 aromatic heterocycles. The van der Waals surface area contributed by atoms with Crippen molar-refractivity contribution in [2.24, 2.45) is 0 Å². The Bertz CT molecular complexity index is 794. The molecule has 1 N–H and O–H groups in total. The number of carboxylic acid groups (broad SMARTS) is 1. The zero-order chi connectivity index (χ0) is 17.2. The molecule has 0 saturated heterocycles. The summed E-state index contributed by atoms with van der Waals surface area (Å²) in [6, 6.07) is 7.56. The number of hydrogen-bond acceptors (Lipinski definition) is 4. The van der Waals surface area contributed by atoms with E-state index in [0.29, 0.717) is 11.3 Å². The summed E-state index contributed by atoms with van der Waals surface area (Å²) in [5.74, 6) is -0.707. The van der Waals surface area contributed by atoms with E-state index < -0.39 is 16.0 Å². The van der Waals surface area contributed by atoms with Gasteiger partial charge in [0.2, 0.25) is 10.0 Å². The smallest absolute Gasteiger partial charge is 0.335 e. The van der Waals surface area contributed by atoms with E-state index in [1.807, 2.05) is 13.8 Å². The predicted molar refractivity (Wildman–Crippen MR) is 84.9 cm³/mol. The second-order valence-corrected chi connectivity index (χ2v) is 7.57. The maximum absolute atomic E-state index is 12.8. The highest BCUT2D eigenvalue weighted by molar-refractivity contribution is 7.89. The van der Waals surface area contributed by atoms with E-state index in [-0.39, 0.29) is 22.9 Å². The quantitative estimate of drug-likeness (QED) is 0.875. The van der Waals surface area contributed by atoms with E-state index >= 15 is 0 Å². The topological polar surface area (TPSA) is 87.8 Å². The van der Waals surface area contributed by atoms with E-state index in [4.69, 9.17) is 9.52 Å². The van der Waals surface area contributed by atoms with E-state index in [1.54, 1.807) is 18.2 Å². The molecule has 124 valence electrons. The Morgan fingerprint density at radius 2 is 2.00 bits per heavy atom. The number of sulfonamides is 1. The van der Waals surface area contributed by atoms with Crippen molar-refractivity contribution in [1.29, 1.82) is 0 Å². The number of hydrogen-bond donors (Lipinski definition) is 1. The van der Waals surface area contributed by atoms with Crippen LogP contribution in [0.1, 0.15) is 41.4 Å². The molecule has 7 heteroatoms. The number of benzene rings is 1. The van der Waals surface area contributed by atoms with E-state index in [2.05, 4.69) is 0 Å². The Morgan fingerprint density at radius 1 is 1.30 bits per heavy atom. The molecule has 0 fully saturated rings. The first-order valence-electron chi connectivity index (χ1n) is 7.09. The highest BCUT2D eigenvalue weighted by Crippen LogP contribution is 2.28. The Morgan fingerprint density at radius 3 is 2.52 bits per heavy atom. The Hall–Kier alpha value is -2.12. The van der Waals surface area contributed by atoms with Crippen LogP contribution in [0.3, 0.4) is 0 Å². The van der Waals surface area contributed by atoms with Crippen LogP contribution in [-0.4, -0.2) is 30.8 Å². The molecular formula is C16H19NO5S. The molecule has 1 aromatic carbocycles. The van der Waals surface area contributed by atoms with Gasteiger partial charge in [-0.15, -0.1) is 0 Å². The van der Waals surface area contributed by atoms with Crippen molar-refractivity contribution < 1.29 is 22.7 Å². The lowest BCUT2D eigenvalue weighted by Crippen LogP contribution is -2.27. The number of carbonyl (C=O) groups is 1. The van der Waals surface area contributed by atoms with Gasteiger partial charge in [-0.25, -0.2) is 13.2 Å². The molecule has 1 heterocycles. The average Bonchev–Trinajstić information content (AvgIpc) is 2.99. The van der Waals surface area contributed by atoms with Gasteiger partial charge in [-0.3, -0.25) is 0 Å². The van der Waals surface area contributed by atoms with Crippen molar-refractivity contribution in [1.82, 2.24) is 4.31 Å². The number of furan rings is 1. The molecule has 23 heavy (non-hydrogen) atoms. The monoisotopic (exact) mass is 337 g/mol. The van der Waals surface area contributed by atoms with Crippen molar-refractivity contribution in [2.45, 2.75) is 31.2 Å². The lowest BCUT2D eigenvalue weighted by Gasteiger charge is -2.20. The molecule has 0 atom stereocenters. The van der Waals surface area contributed by atoms with E-state index in [1.165, 1.54) is 25.4 Å². The van der Waals surface area contributed by atoms with E-state index in [0.717, 1.165) is 4.31 Å². The molecular weight excluding hydrogens is 318 g/mol. The van der Waals surface area contributed by atoms with Gasteiger partial charge >= 0.3 is 5.97 Å². The molecule has 0 aliphatic heterocycles. The van der Waals surface area contributed by atoms with Crippen molar-refractivity contribution in [2.75, 3.05) is 7.05 Å². The van der Waals surface area contributed by atoms with Crippen molar-refractivity contribution in [3.05, 3.63) is 53.5 Å². The third kappa shape index (κ3) is 3.62. The van der Waals surface area contributed by atoms with Crippen LogP contribution in [0.2, 0.25) is 0 Å². The molecule has 0 aliphatic rings. The molecule has 2 rings (SSSR count). The normalized spacial score (nSPS) is 12.0. The summed E-state index contributed by atoms with van der Waals surface area (Å²) in [4.78, 5) is 11.2. The van der Waals surface area contributed by atoms with Gasteiger partial charge in [0.15, 0.2) is 0 Å². The highest BCUT2D eigenvalue weighted by atomic mass is 32.2. The fourth-order valence-electron chi connectivity index (χ4n) is 2.24. The number of carboxylic acids is 1. The van der Waals surface area contributed by atoms with Gasteiger partial charge in [-0.1, -0.05) is 19.9 Å². The summed E-state index contributed by atoms with van der Waals surface area (Å²) in [5, 5.41) is 9.13. The molecule has 0 radical (unpaired) electrons. The largest absolute Gasteiger partial charge is 0.478 e. The molecule has 0 saturated carbocycles. The maximum atomic E-state index is 12.8. The van der Waals surface area contributed by atoms with Gasteiger partial charge in [-0.2, -0.15) is 4.31 Å². The molecule has 6 nitrogen and oxygen atoms in total. The van der Waals surface area contributed by atoms with Gasteiger partial charge in [-0.05, 0) is 35.7 Å². The first-order chi connectivity index (χ1) is 10.7. The Labute approximate surface area is 135 Å². The lowest BCUT2D eigenvalue weighted by molar-refractivity contribution is 0.0696. The number of aromatic carboxylic acids is 1. The molecule has 0 spiro atoms. The summed E-state index contributed by atoms with van der Waals surface area (Å²) in [6.07, 6.45) is 1.47. The van der Waals surface area contributed by atoms with Crippen LogP contribution in [0.5, 0.6) is 0 Å². The van der Waals surface area contributed by atoms with Gasteiger partial charge < -0.3 is 9.52 Å². The third-order valence-corrected chi connectivity index (χ3v) is 5.39. The predicted octanol–water partition coefficient (Wildman–Crippen LogP) is 2.92. The highest BCUT2D eigenvalue weighted by Gasteiger charge is 2.27. The number of rotatable bonds is 6. The van der Waals surface area contributed by atoms with Gasteiger partial charge in [0.1, 0.15) is 5.76 Å². The lowest BCUT2D eigenvalue weighted by atomic mass is 10.0. The van der Waals surface area contributed by atoms with Crippen LogP contribution in [0.15, 0.2) is 45.9 Å². The van der Waals surface area contributed by atoms with Crippen molar-refractivity contribution in [3.8, 4) is 0 Å². The Balaban J connectivity index is 2.48. The fourth-order valence-corrected chi connectivity index (χ4v) is 3.75. The molecule has 2 aromatic rings. The van der Waals surface area contributed by atoms with Crippen LogP contribution >= 0.6 is 0 Å². The van der Waals surface area contributed by atoms with Gasteiger partial charge in [0.05, 0.1) is 23.3 Å². The average molecular weight is 337 g/mol. The third-order valence-electron chi connectivity index (χ3n) is 3.53. The van der Waals surface area contributed by atoms with Crippen LogP contribution in [0.25, 0.3) is 0 Å². The molecule has 0 bridgehead atoms. The standard InChI is InChI=1S/C16H19NO5S/c1-11(2)14-7-6-12(16(18)19)9-15(14)23(20,21)17(3)10-13-5-4-8-22-13/h4-9,11H,10H2,1-3H3,(H,18,19). The number of nitrogens with zero attached hydrogens (tertiary/aromatic N) is 1. The zero-order valence-corrected chi connectivity index (χ0v) is 14.0. The minimum absolute atomic E-state index is 0.0152. The van der Waals surface area contributed by atoms with Gasteiger partial charge in [0, 0.05) is 7.05 Å². The van der Waals surface area contributed by atoms with Gasteiger partial charge in [0.25, 0.3) is 0 Å². The molecule has 0 unspecified atom stereocenters. The summed E-state index contributed by atoms with van der Waals surface area (Å²) < 4.78 is 32.0. The minimum Gasteiger partial charge on any atom is -0.478 e. The zero-order valence-electron chi connectivity index (χ0n) is 13.2. The van der Waals surface area contributed by atoms with Crippen LogP contribution < -0.4 is 0 Å². The Kier molecular flexibility index (Phi) is 4.91. The van der Waals surface area contributed by atoms with Crippen molar-refractivity contribution >= 4 is 16.0 Å². The molecule has 0 amide bonds. The SMILES string of the molecule is CC(C)c1ccc(C(=O)O)cc1S(=O)(=O)N(C)Cc1ccco1. The van der Waals surface area contributed by atoms with E-state index in [9.17, 15) is 13.2 Å². The molecule has 0 aliphatic carbocycles. The summed E-state index contributed by atoms with van der Waals surface area (Å²) in [7, 11) is -2.40. The maximum Gasteiger partial charge on any atom is 0.335 e. The fraction of sp³-hybridized carbons (Fsp3) is 0.312. The van der Waals surface area contributed by atoms with Crippen molar-refractivity contribution in [3.63, 3.8) is 0 Å². The summed E-state index contributed by atoms with van der Waals surface area (Å²) in [6.45, 7) is 3.80. The minimum atomic E-state index is -3.84. The second kappa shape index (κ2) is 6.55. The van der Waals surface area contributed by atoms with Crippen LogP contribution in [-0.2, 0) is 16.6 Å². The second-order valence-electron chi connectivity index (χ2n) is 5.55. The summed E-state index contributed by atoms with van der Waals surface area (Å²) in [5.41, 5.74) is 0.528.